The molecule has 2 heterocycles. The summed E-state index contributed by atoms with van der Waals surface area (Å²) >= 11 is 4.28. The van der Waals surface area contributed by atoms with Crippen molar-refractivity contribution in [3.05, 3.63) is 65.2 Å². The summed E-state index contributed by atoms with van der Waals surface area (Å²) in [6, 6.07) is 13.1. The zero-order chi connectivity index (χ0) is 21.1. The van der Waals surface area contributed by atoms with E-state index in [1.54, 1.807) is 6.20 Å². The van der Waals surface area contributed by atoms with Crippen molar-refractivity contribution in [1.29, 1.82) is 0 Å². The van der Waals surface area contributed by atoms with Gasteiger partial charge in [0.15, 0.2) is 9.47 Å². The average molecular weight is 455 g/mol. The molecule has 2 aromatic heterocycles. The lowest BCUT2D eigenvalue weighted by atomic mass is 10.1. The van der Waals surface area contributed by atoms with Crippen molar-refractivity contribution in [2.24, 2.45) is 0 Å². The summed E-state index contributed by atoms with van der Waals surface area (Å²) in [5.41, 5.74) is 3.27. The summed E-state index contributed by atoms with van der Waals surface area (Å²) in [7, 11) is 0. The predicted molar refractivity (Wildman–Crippen MR) is 125 cm³/mol. The number of hydrogen-bond acceptors (Lipinski definition) is 7. The maximum atomic E-state index is 12.4. The molecule has 9 heteroatoms. The number of carbonyl (C=O) groups excluding carboxylic acids is 2. The van der Waals surface area contributed by atoms with E-state index in [1.807, 2.05) is 61.7 Å². The number of benzene rings is 2. The van der Waals surface area contributed by atoms with Crippen LogP contribution < -0.4 is 10.6 Å². The van der Waals surface area contributed by atoms with Gasteiger partial charge >= 0.3 is 0 Å². The van der Waals surface area contributed by atoms with Crippen LogP contribution in [0.3, 0.4) is 0 Å². The number of carbonyl (C=O) groups is 2. The van der Waals surface area contributed by atoms with E-state index in [1.165, 1.54) is 34.4 Å². The van der Waals surface area contributed by atoms with Crippen LogP contribution in [0.25, 0.3) is 10.2 Å². The standard InChI is InChI=1S/C21H18N4O2S3/c1-12-3-5-14(6-4-12)19(27)23-15-7-8-16-17(11-15)30-21(24-16)29-13(2)18(26)25-20-22-9-10-28-20/h3-11,13H,1-2H3,(H,23,27)(H,22,25,26)/t13-/m0/s1. The van der Waals surface area contributed by atoms with E-state index in [0.717, 1.165) is 20.1 Å². The molecule has 0 aliphatic heterocycles. The Morgan fingerprint density at radius 2 is 1.90 bits per heavy atom. The van der Waals surface area contributed by atoms with Gasteiger partial charge in [-0.1, -0.05) is 29.5 Å². The Bertz CT molecular complexity index is 1190. The van der Waals surface area contributed by atoms with Gasteiger partial charge in [0.05, 0.1) is 15.5 Å². The molecule has 0 bridgehead atoms. The number of nitrogens with one attached hydrogen (secondary N) is 2. The van der Waals surface area contributed by atoms with Gasteiger partial charge in [0.25, 0.3) is 5.91 Å². The van der Waals surface area contributed by atoms with Gasteiger partial charge in [0, 0.05) is 22.8 Å². The first-order valence-corrected chi connectivity index (χ1v) is 11.7. The van der Waals surface area contributed by atoms with E-state index >= 15 is 0 Å². The number of rotatable bonds is 6. The van der Waals surface area contributed by atoms with Crippen molar-refractivity contribution in [3.63, 3.8) is 0 Å². The number of aromatic nitrogens is 2. The van der Waals surface area contributed by atoms with E-state index in [9.17, 15) is 9.59 Å². The topological polar surface area (TPSA) is 84.0 Å². The molecule has 4 rings (SSSR count). The maximum absolute atomic E-state index is 12.4. The Hall–Kier alpha value is -2.75. The Labute approximate surface area is 185 Å². The fourth-order valence-corrected chi connectivity index (χ4v) is 5.42. The van der Waals surface area contributed by atoms with Gasteiger partial charge in [0.1, 0.15) is 0 Å². The van der Waals surface area contributed by atoms with Crippen LogP contribution in [0.15, 0.2) is 58.4 Å². The van der Waals surface area contributed by atoms with E-state index in [2.05, 4.69) is 20.6 Å². The number of hydrogen-bond donors (Lipinski definition) is 2. The molecule has 4 aromatic rings. The van der Waals surface area contributed by atoms with Crippen molar-refractivity contribution < 1.29 is 9.59 Å². The van der Waals surface area contributed by atoms with Crippen molar-refractivity contribution in [2.75, 3.05) is 10.6 Å². The lowest BCUT2D eigenvalue weighted by Crippen LogP contribution is -2.22. The summed E-state index contributed by atoms with van der Waals surface area (Å²) in [4.78, 5) is 33.4. The minimum absolute atomic E-state index is 0.111. The van der Waals surface area contributed by atoms with E-state index in [-0.39, 0.29) is 17.1 Å². The molecule has 2 N–H and O–H groups in total. The highest BCUT2D eigenvalue weighted by Gasteiger charge is 2.18. The third kappa shape index (κ3) is 4.86. The molecule has 2 aromatic carbocycles. The van der Waals surface area contributed by atoms with Gasteiger partial charge in [-0.2, -0.15) is 0 Å². The van der Waals surface area contributed by atoms with Gasteiger partial charge in [-0.15, -0.1) is 22.7 Å². The van der Waals surface area contributed by atoms with Crippen molar-refractivity contribution in [1.82, 2.24) is 9.97 Å². The number of nitrogens with zero attached hydrogens (tertiary/aromatic N) is 2. The van der Waals surface area contributed by atoms with Gasteiger partial charge in [0.2, 0.25) is 5.91 Å². The van der Waals surface area contributed by atoms with E-state index in [0.29, 0.717) is 16.4 Å². The molecule has 0 unspecified atom stereocenters. The molecule has 0 radical (unpaired) electrons. The van der Waals surface area contributed by atoms with Crippen LogP contribution in [0.5, 0.6) is 0 Å². The minimum Gasteiger partial charge on any atom is -0.322 e. The fraction of sp³-hybridized carbons (Fsp3) is 0.143. The Morgan fingerprint density at radius 3 is 2.63 bits per heavy atom. The van der Waals surface area contributed by atoms with Crippen molar-refractivity contribution in [2.45, 2.75) is 23.4 Å². The highest BCUT2D eigenvalue weighted by molar-refractivity contribution is 8.02. The van der Waals surface area contributed by atoms with Gasteiger partial charge < -0.3 is 10.6 Å². The molecule has 0 fully saturated rings. The monoisotopic (exact) mass is 454 g/mol. The molecule has 2 amide bonds. The van der Waals surface area contributed by atoms with Crippen LogP contribution in [0, 0.1) is 6.92 Å². The Kier molecular flexibility index (Phi) is 6.12. The lowest BCUT2D eigenvalue weighted by Gasteiger charge is -2.07. The predicted octanol–water partition coefficient (Wildman–Crippen LogP) is 5.43. The highest BCUT2D eigenvalue weighted by atomic mass is 32.2. The van der Waals surface area contributed by atoms with Crippen LogP contribution in [-0.4, -0.2) is 27.0 Å². The zero-order valence-electron chi connectivity index (χ0n) is 16.2. The summed E-state index contributed by atoms with van der Waals surface area (Å²) in [6.45, 7) is 3.82. The molecule has 0 aliphatic carbocycles. The third-order valence-corrected chi connectivity index (χ3v) is 7.15. The second-order valence-corrected chi connectivity index (χ2v) is 10.1. The molecule has 0 saturated carbocycles. The molecular weight excluding hydrogens is 436 g/mol. The maximum Gasteiger partial charge on any atom is 0.255 e. The van der Waals surface area contributed by atoms with Crippen molar-refractivity contribution >= 4 is 67.3 Å². The first-order valence-electron chi connectivity index (χ1n) is 9.13. The summed E-state index contributed by atoms with van der Waals surface area (Å²) in [5.74, 6) is -0.263. The Morgan fingerprint density at radius 1 is 1.10 bits per heavy atom. The van der Waals surface area contributed by atoms with Crippen LogP contribution in [0.4, 0.5) is 10.8 Å². The largest absolute Gasteiger partial charge is 0.322 e. The first kappa shape index (κ1) is 20.5. The zero-order valence-corrected chi connectivity index (χ0v) is 18.7. The number of amides is 2. The lowest BCUT2D eigenvalue weighted by molar-refractivity contribution is -0.115. The van der Waals surface area contributed by atoms with Gasteiger partial charge in [-0.05, 0) is 44.2 Å². The van der Waals surface area contributed by atoms with Crippen molar-refractivity contribution in [3.8, 4) is 0 Å². The van der Waals surface area contributed by atoms with Gasteiger partial charge in [-0.25, -0.2) is 9.97 Å². The number of anilines is 2. The molecule has 152 valence electrons. The fourth-order valence-electron chi connectivity index (χ4n) is 2.64. The number of thiazole rings is 2. The number of thioether (sulfide) groups is 1. The van der Waals surface area contributed by atoms with Crippen LogP contribution in [0.1, 0.15) is 22.8 Å². The number of fused-ring (bicyclic) bond motifs is 1. The SMILES string of the molecule is Cc1ccc(C(=O)Nc2ccc3nc(S[C@@H](C)C(=O)Nc4nccs4)sc3c2)cc1. The molecule has 6 nitrogen and oxygen atoms in total. The average Bonchev–Trinajstić information content (AvgIpc) is 3.37. The molecule has 1 atom stereocenters. The molecule has 0 saturated heterocycles. The van der Waals surface area contributed by atoms with Gasteiger partial charge in [-0.3, -0.25) is 9.59 Å². The molecule has 0 spiro atoms. The molecular formula is C21H18N4O2S3. The second kappa shape index (κ2) is 8.95. The summed E-state index contributed by atoms with van der Waals surface area (Å²) in [6.07, 6.45) is 1.65. The Balaban J connectivity index is 1.43. The first-order chi connectivity index (χ1) is 14.5. The second-order valence-electron chi connectivity index (χ2n) is 6.57. The van der Waals surface area contributed by atoms with Crippen LogP contribution >= 0.6 is 34.4 Å². The highest BCUT2D eigenvalue weighted by Crippen LogP contribution is 2.34. The smallest absolute Gasteiger partial charge is 0.255 e. The third-order valence-electron chi connectivity index (χ3n) is 4.25. The molecule has 0 aliphatic rings. The van der Waals surface area contributed by atoms with Crippen LogP contribution in [-0.2, 0) is 4.79 Å². The van der Waals surface area contributed by atoms with Crippen LogP contribution in [0.2, 0.25) is 0 Å². The van der Waals surface area contributed by atoms with E-state index in [4.69, 9.17) is 0 Å². The van der Waals surface area contributed by atoms with E-state index < -0.39 is 0 Å². The number of aryl methyl sites for hydroxylation is 1. The normalized spacial score (nSPS) is 11.9. The minimum atomic E-state index is -0.310. The summed E-state index contributed by atoms with van der Waals surface area (Å²) < 4.78 is 1.75. The summed E-state index contributed by atoms with van der Waals surface area (Å²) in [5, 5.41) is 7.82. The quantitative estimate of drug-likeness (QED) is 0.379. The molecule has 30 heavy (non-hydrogen) atoms.